The highest BCUT2D eigenvalue weighted by atomic mass is 19.1. The van der Waals surface area contributed by atoms with E-state index in [1.165, 1.54) is 30.6 Å². The van der Waals surface area contributed by atoms with E-state index < -0.39 is 5.54 Å². The zero-order chi connectivity index (χ0) is 25.4. The fraction of sp³-hybridized carbons (Fsp3) is 0.296. The zero-order valence-electron chi connectivity index (χ0n) is 20.4. The Morgan fingerprint density at radius 2 is 1.83 bits per heavy atom. The summed E-state index contributed by atoms with van der Waals surface area (Å²) in [6, 6.07) is 14.0. The number of hydrogen-bond acceptors (Lipinski definition) is 4. The highest BCUT2D eigenvalue weighted by Gasteiger charge is 2.38. The predicted octanol–water partition coefficient (Wildman–Crippen LogP) is 5.27. The number of amides is 2. The van der Waals surface area contributed by atoms with Crippen LogP contribution in [0.25, 0.3) is 22.3 Å². The van der Waals surface area contributed by atoms with E-state index in [1.807, 2.05) is 31.7 Å². The molecule has 5 rings (SSSR count). The van der Waals surface area contributed by atoms with E-state index in [9.17, 15) is 13.6 Å². The number of urea groups is 1. The lowest BCUT2D eigenvalue weighted by Crippen LogP contribution is -2.63. The van der Waals surface area contributed by atoms with Crippen molar-refractivity contribution in [3.8, 4) is 11.3 Å². The van der Waals surface area contributed by atoms with Crippen LogP contribution in [0.3, 0.4) is 0 Å². The summed E-state index contributed by atoms with van der Waals surface area (Å²) < 4.78 is 27.0. The second-order valence-corrected chi connectivity index (χ2v) is 9.76. The lowest BCUT2D eigenvalue weighted by atomic mass is 9.98. The maximum absolute atomic E-state index is 13.6. The van der Waals surface area contributed by atoms with Crippen molar-refractivity contribution in [2.45, 2.75) is 32.4 Å². The summed E-state index contributed by atoms with van der Waals surface area (Å²) in [6.45, 7) is 7.54. The van der Waals surface area contributed by atoms with Gasteiger partial charge in [-0.15, -0.1) is 0 Å². The molecule has 7 nitrogen and oxygen atoms in total. The number of nitrogens with zero attached hydrogens (tertiary/aromatic N) is 4. The van der Waals surface area contributed by atoms with Crippen molar-refractivity contribution in [1.82, 2.24) is 25.2 Å². The summed E-state index contributed by atoms with van der Waals surface area (Å²) in [4.78, 5) is 29.4. The topological polar surface area (TPSA) is 77.2 Å². The fourth-order valence-corrected chi connectivity index (χ4v) is 4.80. The van der Waals surface area contributed by atoms with Crippen LogP contribution in [0, 0.1) is 11.6 Å². The van der Waals surface area contributed by atoms with Gasteiger partial charge in [0.2, 0.25) is 0 Å². The third-order valence-electron chi connectivity index (χ3n) is 6.70. The van der Waals surface area contributed by atoms with Gasteiger partial charge in [-0.1, -0.05) is 12.1 Å². The first kappa shape index (κ1) is 23.7. The number of hydrogen-bond donors (Lipinski definition) is 2. The summed E-state index contributed by atoms with van der Waals surface area (Å²) in [6.07, 6.45) is 1.52. The number of rotatable bonds is 4. The molecule has 186 valence electrons. The van der Waals surface area contributed by atoms with Crippen molar-refractivity contribution in [3.63, 3.8) is 0 Å². The Hall–Kier alpha value is -4.01. The maximum atomic E-state index is 13.6. The normalized spacial score (nSPS) is 16.2. The van der Waals surface area contributed by atoms with Crippen molar-refractivity contribution in [2.75, 3.05) is 24.5 Å². The molecule has 1 atom stereocenters. The zero-order valence-corrected chi connectivity index (χ0v) is 20.4. The number of carbonyl (C=O) groups is 1. The number of aromatic nitrogens is 3. The first-order valence-electron chi connectivity index (χ1n) is 11.9. The van der Waals surface area contributed by atoms with Crippen molar-refractivity contribution < 1.29 is 13.6 Å². The molecule has 2 aromatic carbocycles. The summed E-state index contributed by atoms with van der Waals surface area (Å²) in [5.74, 6) is 0.168. The van der Waals surface area contributed by atoms with E-state index in [1.54, 1.807) is 24.3 Å². The number of nitrogens with one attached hydrogen (secondary N) is 2. The molecule has 2 aromatic heterocycles. The van der Waals surface area contributed by atoms with Crippen LogP contribution in [0.1, 0.15) is 32.4 Å². The van der Waals surface area contributed by atoms with Gasteiger partial charge in [0.25, 0.3) is 0 Å². The first-order valence-corrected chi connectivity index (χ1v) is 11.9. The van der Waals surface area contributed by atoms with E-state index in [0.717, 1.165) is 22.5 Å². The molecule has 0 spiro atoms. The minimum Gasteiger partial charge on any atom is -0.352 e. The number of carbonyl (C=O) groups excluding carboxylic acids is 1. The van der Waals surface area contributed by atoms with Crippen LogP contribution >= 0.6 is 0 Å². The monoisotopic (exact) mass is 490 g/mol. The molecular formula is C27H28F2N6O. The van der Waals surface area contributed by atoms with Gasteiger partial charge in [-0.05, 0) is 74.4 Å². The number of H-pyrrole nitrogens is 1. The Morgan fingerprint density at radius 3 is 2.56 bits per heavy atom. The van der Waals surface area contributed by atoms with Gasteiger partial charge in [-0.3, -0.25) is 0 Å². The van der Waals surface area contributed by atoms with Crippen LogP contribution in [-0.2, 0) is 0 Å². The summed E-state index contributed by atoms with van der Waals surface area (Å²) in [5.41, 5.74) is 2.61. The highest BCUT2D eigenvalue weighted by Crippen LogP contribution is 2.32. The minimum absolute atomic E-state index is 0.190. The molecule has 1 aliphatic heterocycles. The summed E-state index contributed by atoms with van der Waals surface area (Å²) >= 11 is 0. The number of piperazine rings is 1. The molecule has 0 saturated carbocycles. The van der Waals surface area contributed by atoms with Crippen LogP contribution in [0.15, 0.2) is 60.9 Å². The van der Waals surface area contributed by atoms with Gasteiger partial charge in [-0.2, -0.15) is 0 Å². The van der Waals surface area contributed by atoms with Crippen LogP contribution in [-0.4, -0.2) is 51.1 Å². The molecule has 2 N–H and O–H groups in total. The number of fused-ring (bicyclic) bond motifs is 1. The molecule has 2 amide bonds. The Bertz CT molecular complexity index is 1400. The number of anilines is 1. The van der Waals surface area contributed by atoms with Crippen LogP contribution < -0.4 is 10.2 Å². The Kier molecular flexibility index (Phi) is 6.07. The van der Waals surface area contributed by atoms with E-state index in [-0.39, 0.29) is 23.7 Å². The smallest absolute Gasteiger partial charge is 0.318 e. The van der Waals surface area contributed by atoms with Gasteiger partial charge in [0.05, 0.1) is 17.0 Å². The second kappa shape index (κ2) is 9.22. The average molecular weight is 491 g/mol. The van der Waals surface area contributed by atoms with Crippen LogP contribution in [0.2, 0.25) is 0 Å². The third kappa shape index (κ3) is 4.60. The molecule has 1 aliphatic rings. The molecule has 0 radical (unpaired) electrons. The second-order valence-electron chi connectivity index (χ2n) is 9.76. The van der Waals surface area contributed by atoms with Gasteiger partial charge in [0, 0.05) is 25.3 Å². The van der Waals surface area contributed by atoms with Crippen molar-refractivity contribution >= 4 is 22.9 Å². The predicted molar refractivity (Wildman–Crippen MR) is 136 cm³/mol. The molecular weight excluding hydrogens is 462 g/mol. The van der Waals surface area contributed by atoms with Gasteiger partial charge < -0.3 is 20.1 Å². The Labute approximate surface area is 208 Å². The van der Waals surface area contributed by atoms with Crippen LogP contribution in [0.4, 0.5) is 19.4 Å². The lowest BCUT2D eigenvalue weighted by molar-refractivity contribution is 0.121. The van der Waals surface area contributed by atoms with Gasteiger partial charge in [0.15, 0.2) is 0 Å². The number of aromatic amines is 1. The van der Waals surface area contributed by atoms with Crippen molar-refractivity contribution in [1.29, 1.82) is 0 Å². The molecule has 3 heterocycles. The maximum Gasteiger partial charge on any atom is 0.318 e. The SMILES string of the molecule is C[C@H](NC(=O)N1CCN(c2ncnc3[nH]c(-c4ccc(F)cc4)cc23)CC1(C)C)c1cccc(F)c1. The summed E-state index contributed by atoms with van der Waals surface area (Å²) in [7, 11) is 0. The Morgan fingerprint density at radius 1 is 1.06 bits per heavy atom. The van der Waals surface area contributed by atoms with E-state index in [2.05, 4.69) is 25.2 Å². The average Bonchev–Trinajstić information content (AvgIpc) is 3.28. The molecule has 0 aliphatic carbocycles. The molecule has 4 aromatic rings. The fourth-order valence-electron chi connectivity index (χ4n) is 4.80. The molecule has 0 unspecified atom stereocenters. The van der Waals surface area contributed by atoms with Gasteiger partial charge in [0.1, 0.15) is 29.4 Å². The van der Waals surface area contributed by atoms with E-state index >= 15 is 0 Å². The van der Waals surface area contributed by atoms with Crippen molar-refractivity contribution in [2.24, 2.45) is 0 Å². The number of halogens is 2. The molecule has 9 heteroatoms. The van der Waals surface area contributed by atoms with Gasteiger partial charge >= 0.3 is 6.03 Å². The lowest BCUT2D eigenvalue weighted by Gasteiger charge is -2.47. The summed E-state index contributed by atoms with van der Waals surface area (Å²) in [5, 5.41) is 3.87. The van der Waals surface area contributed by atoms with Gasteiger partial charge in [-0.25, -0.2) is 23.5 Å². The molecule has 1 fully saturated rings. The quantitative estimate of drug-likeness (QED) is 0.408. The first-order chi connectivity index (χ1) is 17.2. The van der Waals surface area contributed by atoms with E-state index in [4.69, 9.17) is 0 Å². The third-order valence-corrected chi connectivity index (χ3v) is 6.70. The van der Waals surface area contributed by atoms with E-state index in [0.29, 0.717) is 30.8 Å². The highest BCUT2D eigenvalue weighted by molar-refractivity contribution is 5.92. The standard InChI is InChI=1S/C27H28F2N6O/c1-17(19-5-4-6-21(29)13-19)32-26(36)35-12-11-34(15-27(35,2)3)25-22-14-23(33-24(22)30-16-31-25)18-7-9-20(28)10-8-18/h4-10,13-14,16-17H,11-12,15H2,1-3H3,(H,32,36)(H,30,31,33)/t17-/m0/s1. The van der Waals surface area contributed by atoms with Crippen molar-refractivity contribution in [3.05, 3.63) is 78.1 Å². The molecule has 0 bridgehead atoms. The molecule has 1 saturated heterocycles. The minimum atomic E-state index is -0.489. The molecule has 36 heavy (non-hydrogen) atoms. The Balaban J connectivity index is 1.34. The largest absolute Gasteiger partial charge is 0.352 e. The number of benzene rings is 2. The van der Waals surface area contributed by atoms with Crippen LogP contribution in [0.5, 0.6) is 0 Å².